The number of carbonyl (C=O) groups excluding carboxylic acids is 1. The van der Waals surface area contributed by atoms with Crippen LogP contribution in [0, 0.1) is 0 Å². The lowest BCUT2D eigenvalue weighted by atomic mass is 10.0. The van der Waals surface area contributed by atoms with Gasteiger partial charge >= 0.3 is 0 Å². The zero-order chi connectivity index (χ0) is 19.9. The molecule has 0 radical (unpaired) electrons. The summed E-state index contributed by atoms with van der Waals surface area (Å²) in [4.78, 5) is 12.7. The lowest BCUT2D eigenvalue weighted by Crippen LogP contribution is -2.30. The first-order valence-electron chi connectivity index (χ1n) is 9.86. The molecule has 3 nitrogen and oxygen atoms in total. The maximum Gasteiger partial charge on any atom is 0.265 e. The molecule has 3 rings (SSSR count). The predicted molar refractivity (Wildman–Crippen MR) is 116 cm³/mol. The molecule has 0 heterocycles. The zero-order valence-electron chi connectivity index (χ0n) is 16.7. The van der Waals surface area contributed by atoms with Crippen molar-refractivity contribution in [3.8, 4) is 16.9 Å². The summed E-state index contributed by atoms with van der Waals surface area (Å²) in [5.74, 6) is 0.546. The van der Waals surface area contributed by atoms with Crippen molar-refractivity contribution < 1.29 is 9.53 Å². The van der Waals surface area contributed by atoms with Crippen LogP contribution in [0.5, 0.6) is 5.75 Å². The smallest absolute Gasteiger partial charge is 0.265 e. The van der Waals surface area contributed by atoms with Crippen LogP contribution in [0.25, 0.3) is 11.1 Å². The van der Waals surface area contributed by atoms with Crippen LogP contribution < -0.4 is 10.1 Å². The molecule has 0 aliphatic rings. The fraction of sp³-hybridized carbons (Fsp3) is 0.240. The summed E-state index contributed by atoms with van der Waals surface area (Å²) in [6, 6.07) is 24.2. The van der Waals surface area contributed by atoms with Gasteiger partial charge in [0, 0.05) is 5.69 Å². The van der Waals surface area contributed by atoms with Crippen molar-refractivity contribution in [2.75, 3.05) is 5.32 Å². The molecule has 0 aromatic heterocycles. The Labute approximate surface area is 167 Å². The zero-order valence-corrected chi connectivity index (χ0v) is 16.7. The highest BCUT2D eigenvalue weighted by Crippen LogP contribution is 2.25. The van der Waals surface area contributed by atoms with Crippen LogP contribution in [0.1, 0.15) is 31.9 Å². The van der Waals surface area contributed by atoms with Gasteiger partial charge in [0.2, 0.25) is 0 Å². The molecule has 1 N–H and O–H groups in total. The fourth-order valence-corrected chi connectivity index (χ4v) is 3.24. The first-order chi connectivity index (χ1) is 13.6. The Hall–Kier alpha value is -3.07. The maximum atomic E-state index is 12.7. The molecule has 3 aromatic rings. The quantitative estimate of drug-likeness (QED) is 0.561. The summed E-state index contributed by atoms with van der Waals surface area (Å²) in [5, 5.41) is 3.07. The molecule has 144 valence electrons. The van der Waals surface area contributed by atoms with E-state index in [0.29, 0.717) is 5.75 Å². The Bertz CT molecular complexity index is 895. The lowest BCUT2D eigenvalue weighted by Gasteiger charge is -2.18. The summed E-state index contributed by atoms with van der Waals surface area (Å²) in [6.45, 7) is 5.97. The van der Waals surface area contributed by atoms with Gasteiger partial charge in [0.05, 0.1) is 0 Å². The van der Waals surface area contributed by atoms with Crippen LogP contribution >= 0.6 is 0 Å². The molecular weight excluding hydrogens is 346 g/mol. The minimum absolute atomic E-state index is 0.136. The van der Waals surface area contributed by atoms with E-state index in [1.54, 1.807) is 6.92 Å². The largest absolute Gasteiger partial charge is 0.481 e. The van der Waals surface area contributed by atoms with Gasteiger partial charge in [0.25, 0.3) is 5.91 Å². The van der Waals surface area contributed by atoms with Crippen LogP contribution in [0.2, 0.25) is 0 Å². The summed E-state index contributed by atoms with van der Waals surface area (Å²) < 4.78 is 5.87. The van der Waals surface area contributed by atoms with Crippen molar-refractivity contribution in [3.05, 3.63) is 83.9 Å². The molecule has 0 spiro atoms. The molecule has 28 heavy (non-hydrogen) atoms. The molecular formula is C25H27NO2. The van der Waals surface area contributed by atoms with Gasteiger partial charge in [-0.05, 0) is 54.2 Å². The van der Waals surface area contributed by atoms with E-state index in [0.717, 1.165) is 40.8 Å². The average Bonchev–Trinajstić information content (AvgIpc) is 2.75. The third-order valence-electron chi connectivity index (χ3n) is 4.89. The van der Waals surface area contributed by atoms with Crippen molar-refractivity contribution in [3.63, 3.8) is 0 Å². The Morgan fingerprint density at radius 1 is 0.821 bits per heavy atom. The minimum atomic E-state index is -0.586. The maximum absolute atomic E-state index is 12.7. The Kier molecular flexibility index (Phi) is 6.49. The van der Waals surface area contributed by atoms with E-state index < -0.39 is 6.10 Å². The minimum Gasteiger partial charge on any atom is -0.481 e. The summed E-state index contributed by atoms with van der Waals surface area (Å²) in [5.41, 5.74) is 5.49. The standard InChI is InChI=1S/C25H27NO2/c1-4-19-12-9-13-20(5-2)24(19)26-25(27)18(3)28-23-16-14-22(15-17-23)21-10-7-6-8-11-21/h6-18H,4-5H2,1-3H3,(H,26,27). The summed E-state index contributed by atoms with van der Waals surface area (Å²) >= 11 is 0. The van der Waals surface area contributed by atoms with Crippen LogP contribution in [0.3, 0.4) is 0 Å². The van der Waals surface area contributed by atoms with E-state index in [4.69, 9.17) is 4.74 Å². The molecule has 1 unspecified atom stereocenters. The number of rotatable bonds is 7. The Morgan fingerprint density at radius 3 is 1.96 bits per heavy atom. The Balaban J connectivity index is 1.68. The van der Waals surface area contributed by atoms with Crippen molar-refractivity contribution in [1.29, 1.82) is 0 Å². The van der Waals surface area contributed by atoms with Crippen LogP contribution in [0.15, 0.2) is 72.8 Å². The highest BCUT2D eigenvalue weighted by molar-refractivity contribution is 5.95. The first kappa shape index (κ1) is 19.7. The SMILES string of the molecule is CCc1cccc(CC)c1NC(=O)C(C)Oc1ccc(-c2ccccc2)cc1. The number of benzene rings is 3. The van der Waals surface area contributed by atoms with Crippen LogP contribution in [-0.4, -0.2) is 12.0 Å². The highest BCUT2D eigenvalue weighted by Gasteiger charge is 2.17. The third-order valence-corrected chi connectivity index (χ3v) is 4.89. The van der Waals surface area contributed by atoms with Gasteiger partial charge in [-0.25, -0.2) is 0 Å². The first-order valence-corrected chi connectivity index (χ1v) is 9.86. The van der Waals surface area contributed by atoms with E-state index in [2.05, 4.69) is 43.4 Å². The average molecular weight is 373 g/mol. The van der Waals surface area contributed by atoms with Gasteiger partial charge in [0.15, 0.2) is 6.10 Å². The molecule has 0 saturated carbocycles. The topological polar surface area (TPSA) is 38.3 Å². The monoisotopic (exact) mass is 373 g/mol. The molecule has 0 bridgehead atoms. The summed E-state index contributed by atoms with van der Waals surface area (Å²) in [7, 11) is 0. The second-order valence-corrected chi connectivity index (χ2v) is 6.80. The molecule has 0 fully saturated rings. The molecule has 0 aliphatic carbocycles. The third kappa shape index (κ3) is 4.61. The van der Waals surface area contributed by atoms with E-state index in [-0.39, 0.29) is 5.91 Å². The molecule has 3 heteroatoms. The van der Waals surface area contributed by atoms with Crippen molar-refractivity contribution in [2.45, 2.75) is 39.7 Å². The second kappa shape index (κ2) is 9.23. The van der Waals surface area contributed by atoms with Crippen molar-refractivity contribution in [1.82, 2.24) is 0 Å². The second-order valence-electron chi connectivity index (χ2n) is 6.80. The summed E-state index contributed by atoms with van der Waals surface area (Å²) in [6.07, 6.45) is 1.16. The Morgan fingerprint density at radius 2 is 1.39 bits per heavy atom. The number of amides is 1. The van der Waals surface area contributed by atoms with Gasteiger partial charge in [-0.3, -0.25) is 4.79 Å². The normalized spacial score (nSPS) is 11.7. The van der Waals surface area contributed by atoms with Crippen molar-refractivity contribution >= 4 is 11.6 Å². The van der Waals surface area contributed by atoms with Gasteiger partial charge in [-0.1, -0.05) is 74.5 Å². The lowest BCUT2D eigenvalue weighted by molar-refractivity contribution is -0.122. The van der Waals surface area contributed by atoms with Crippen LogP contribution in [0.4, 0.5) is 5.69 Å². The number of hydrogen-bond acceptors (Lipinski definition) is 2. The molecule has 0 aliphatic heterocycles. The van der Waals surface area contributed by atoms with Crippen LogP contribution in [-0.2, 0) is 17.6 Å². The fourth-order valence-electron chi connectivity index (χ4n) is 3.24. The van der Waals surface area contributed by atoms with Gasteiger partial charge < -0.3 is 10.1 Å². The van der Waals surface area contributed by atoms with Gasteiger partial charge in [-0.2, -0.15) is 0 Å². The predicted octanol–water partition coefficient (Wildman–Crippen LogP) is 5.88. The van der Waals surface area contributed by atoms with Gasteiger partial charge in [-0.15, -0.1) is 0 Å². The van der Waals surface area contributed by atoms with E-state index in [9.17, 15) is 4.79 Å². The van der Waals surface area contributed by atoms with E-state index in [1.165, 1.54) is 0 Å². The molecule has 1 amide bonds. The number of anilines is 1. The van der Waals surface area contributed by atoms with E-state index in [1.807, 2.05) is 48.5 Å². The molecule has 0 saturated heterocycles. The highest BCUT2D eigenvalue weighted by atomic mass is 16.5. The number of carbonyl (C=O) groups is 1. The number of nitrogens with one attached hydrogen (secondary N) is 1. The molecule has 1 atom stereocenters. The van der Waals surface area contributed by atoms with Gasteiger partial charge in [0.1, 0.15) is 5.75 Å². The number of ether oxygens (including phenoxy) is 1. The number of hydrogen-bond donors (Lipinski definition) is 1. The number of aryl methyl sites for hydroxylation is 2. The van der Waals surface area contributed by atoms with Crippen molar-refractivity contribution in [2.24, 2.45) is 0 Å². The molecule has 3 aromatic carbocycles. The van der Waals surface area contributed by atoms with E-state index >= 15 is 0 Å². The number of para-hydroxylation sites is 1.